The van der Waals surface area contributed by atoms with E-state index in [2.05, 4.69) is 44.8 Å². The van der Waals surface area contributed by atoms with Crippen LogP contribution in [-0.2, 0) is 17.9 Å². The summed E-state index contributed by atoms with van der Waals surface area (Å²) >= 11 is 6.15. The highest BCUT2D eigenvalue weighted by atomic mass is 35.5. The minimum atomic E-state index is -0.401. The molecule has 1 N–H and O–H groups in total. The smallest absolute Gasteiger partial charge is 0.247 e. The fourth-order valence-electron chi connectivity index (χ4n) is 4.25. The zero-order chi connectivity index (χ0) is 25.4. The van der Waals surface area contributed by atoms with Gasteiger partial charge in [0.05, 0.1) is 12.2 Å². The molecule has 0 unspecified atom stereocenters. The highest BCUT2D eigenvalue weighted by Gasteiger charge is 2.17. The number of rotatable bonds is 6. The van der Waals surface area contributed by atoms with Gasteiger partial charge in [-0.3, -0.25) is 9.48 Å². The lowest BCUT2D eigenvalue weighted by Gasteiger charge is -2.08. The molecule has 7 nitrogen and oxygen atoms in total. The minimum absolute atomic E-state index is 0.0280. The lowest BCUT2D eigenvalue weighted by atomic mass is 10.0. The van der Waals surface area contributed by atoms with Gasteiger partial charge in [0.25, 0.3) is 0 Å². The lowest BCUT2D eigenvalue weighted by molar-refractivity contribution is -0.116. The third kappa shape index (κ3) is 4.59. The Kier molecular flexibility index (Phi) is 6.28. The van der Waals surface area contributed by atoms with Crippen LogP contribution >= 0.6 is 11.6 Å². The molecule has 0 aliphatic heterocycles. The number of aromatic nitrogens is 5. The predicted octanol–water partition coefficient (Wildman–Crippen LogP) is 5.70. The van der Waals surface area contributed by atoms with Gasteiger partial charge in [-0.05, 0) is 50.1 Å². The Morgan fingerprint density at radius 3 is 2.56 bits per heavy atom. The number of carbonyl (C=O) groups excluding carboxylic acids is 1. The van der Waals surface area contributed by atoms with Crippen molar-refractivity contribution in [2.75, 3.05) is 5.32 Å². The van der Waals surface area contributed by atoms with Gasteiger partial charge in [0.1, 0.15) is 12.4 Å². The van der Waals surface area contributed by atoms with Crippen molar-refractivity contribution in [2.45, 2.75) is 33.9 Å². The normalized spacial score (nSPS) is 11.2. The maximum Gasteiger partial charge on any atom is 0.247 e. The number of hydrogen-bond donors (Lipinski definition) is 1. The summed E-state index contributed by atoms with van der Waals surface area (Å²) in [5.74, 6) is -0.330. The topological polar surface area (TPSA) is 77.6 Å². The van der Waals surface area contributed by atoms with Crippen molar-refractivity contribution < 1.29 is 9.18 Å². The molecule has 5 rings (SSSR count). The second-order valence-corrected chi connectivity index (χ2v) is 9.15. The molecule has 0 spiro atoms. The van der Waals surface area contributed by atoms with Gasteiger partial charge in [-0.1, -0.05) is 47.5 Å². The van der Waals surface area contributed by atoms with E-state index < -0.39 is 5.82 Å². The number of benzene rings is 2. The van der Waals surface area contributed by atoms with Crippen LogP contribution in [0, 0.1) is 26.6 Å². The zero-order valence-electron chi connectivity index (χ0n) is 20.1. The number of carbonyl (C=O) groups is 1. The standard InChI is InChI=1S/C27H24ClFN6O/c1-16-7-9-19(10-8-16)20-11-12-30-27-26(20)18(3)32-35(27)15-25(36)31-24-13-17(2)34(33-24)14-21-22(28)5-4-6-23(21)29/h4-13H,14-15H2,1-3H3,(H,31,33,36). The Morgan fingerprint density at radius 2 is 1.81 bits per heavy atom. The summed E-state index contributed by atoms with van der Waals surface area (Å²) in [7, 11) is 0. The van der Waals surface area contributed by atoms with Crippen molar-refractivity contribution in [1.29, 1.82) is 0 Å². The van der Waals surface area contributed by atoms with Gasteiger partial charge in [0, 0.05) is 33.9 Å². The van der Waals surface area contributed by atoms with Crippen LogP contribution in [0.4, 0.5) is 10.2 Å². The number of pyridine rings is 1. The molecule has 3 aromatic heterocycles. The number of nitrogens with zero attached hydrogens (tertiary/aromatic N) is 5. The second-order valence-electron chi connectivity index (χ2n) is 8.74. The molecule has 0 saturated carbocycles. The molecule has 0 fully saturated rings. The van der Waals surface area contributed by atoms with Crippen molar-refractivity contribution in [3.63, 3.8) is 0 Å². The molecule has 36 heavy (non-hydrogen) atoms. The summed E-state index contributed by atoms with van der Waals surface area (Å²) < 4.78 is 17.4. The molecular weight excluding hydrogens is 479 g/mol. The molecule has 0 saturated heterocycles. The summed E-state index contributed by atoms with van der Waals surface area (Å²) in [6.45, 7) is 5.92. The van der Waals surface area contributed by atoms with Crippen LogP contribution in [0.3, 0.4) is 0 Å². The van der Waals surface area contributed by atoms with Gasteiger partial charge in [-0.15, -0.1) is 0 Å². The molecule has 3 heterocycles. The van der Waals surface area contributed by atoms with E-state index in [1.54, 1.807) is 33.8 Å². The molecule has 182 valence electrons. The van der Waals surface area contributed by atoms with Crippen LogP contribution in [0.25, 0.3) is 22.2 Å². The molecule has 9 heteroatoms. The third-order valence-electron chi connectivity index (χ3n) is 6.08. The van der Waals surface area contributed by atoms with E-state index >= 15 is 0 Å². The molecular formula is C27H24ClFN6O. The van der Waals surface area contributed by atoms with E-state index in [1.807, 2.05) is 26.8 Å². The SMILES string of the molecule is Cc1ccc(-c2ccnc3c2c(C)nn3CC(=O)Nc2cc(C)n(Cc3c(F)cccc3Cl)n2)cc1. The maximum absolute atomic E-state index is 14.2. The zero-order valence-corrected chi connectivity index (χ0v) is 20.8. The Hall–Kier alpha value is -4.04. The minimum Gasteiger partial charge on any atom is -0.308 e. The monoisotopic (exact) mass is 502 g/mol. The van der Waals surface area contributed by atoms with E-state index in [9.17, 15) is 9.18 Å². The quantitative estimate of drug-likeness (QED) is 0.323. The highest BCUT2D eigenvalue weighted by molar-refractivity contribution is 6.31. The van der Waals surface area contributed by atoms with Crippen LogP contribution in [0.15, 0.2) is 60.8 Å². The Morgan fingerprint density at radius 1 is 1.03 bits per heavy atom. The molecule has 0 atom stereocenters. The van der Waals surface area contributed by atoms with E-state index in [0.29, 0.717) is 22.1 Å². The lowest BCUT2D eigenvalue weighted by Crippen LogP contribution is -2.20. The van der Waals surface area contributed by atoms with Crippen molar-refractivity contribution in [1.82, 2.24) is 24.5 Å². The molecule has 0 aliphatic rings. The summed E-state index contributed by atoms with van der Waals surface area (Å²) in [6, 6.07) is 16.5. The van der Waals surface area contributed by atoms with E-state index in [4.69, 9.17) is 11.6 Å². The Balaban J connectivity index is 1.36. The van der Waals surface area contributed by atoms with E-state index in [0.717, 1.165) is 27.9 Å². The highest BCUT2D eigenvalue weighted by Crippen LogP contribution is 2.30. The van der Waals surface area contributed by atoms with Gasteiger partial charge in [-0.2, -0.15) is 10.2 Å². The number of halogens is 2. The van der Waals surface area contributed by atoms with E-state index in [1.165, 1.54) is 11.6 Å². The number of nitrogens with one attached hydrogen (secondary N) is 1. The van der Waals surface area contributed by atoms with Gasteiger partial charge in [0.15, 0.2) is 11.5 Å². The first-order valence-electron chi connectivity index (χ1n) is 11.5. The van der Waals surface area contributed by atoms with Crippen LogP contribution in [-0.4, -0.2) is 30.5 Å². The number of amides is 1. The van der Waals surface area contributed by atoms with Gasteiger partial charge >= 0.3 is 0 Å². The second kappa shape index (κ2) is 9.54. The number of hydrogen-bond acceptors (Lipinski definition) is 4. The van der Waals surface area contributed by atoms with E-state index in [-0.39, 0.29) is 19.0 Å². The first kappa shape index (κ1) is 23.7. The predicted molar refractivity (Wildman–Crippen MR) is 139 cm³/mol. The van der Waals surface area contributed by atoms with Crippen LogP contribution < -0.4 is 5.32 Å². The fourth-order valence-corrected chi connectivity index (χ4v) is 4.47. The first-order chi connectivity index (χ1) is 17.3. The summed E-state index contributed by atoms with van der Waals surface area (Å²) in [5, 5.41) is 13.0. The van der Waals surface area contributed by atoms with Gasteiger partial charge in [-0.25, -0.2) is 14.1 Å². The largest absolute Gasteiger partial charge is 0.308 e. The Bertz CT molecular complexity index is 1570. The summed E-state index contributed by atoms with van der Waals surface area (Å²) in [6.07, 6.45) is 1.73. The molecule has 2 aromatic carbocycles. The summed E-state index contributed by atoms with van der Waals surface area (Å²) in [4.78, 5) is 17.4. The van der Waals surface area contributed by atoms with Crippen LogP contribution in [0.5, 0.6) is 0 Å². The van der Waals surface area contributed by atoms with Crippen LogP contribution in [0.1, 0.15) is 22.5 Å². The summed E-state index contributed by atoms with van der Waals surface area (Å²) in [5.41, 5.74) is 5.80. The van der Waals surface area contributed by atoms with Gasteiger partial charge < -0.3 is 5.32 Å². The van der Waals surface area contributed by atoms with Crippen molar-refractivity contribution >= 4 is 34.4 Å². The first-order valence-corrected chi connectivity index (χ1v) is 11.8. The average Bonchev–Trinajstić information content (AvgIpc) is 3.35. The van der Waals surface area contributed by atoms with Gasteiger partial charge in [0.2, 0.25) is 5.91 Å². The fraction of sp³-hybridized carbons (Fsp3) is 0.185. The molecule has 1 amide bonds. The van der Waals surface area contributed by atoms with Crippen LogP contribution in [0.2, 0.25) is 5.02 Å². The molecule has 0 bridgehead atoms. The molecule has 0 aliphatic carbocycles. The number of anilines is 1. The maximum atomic E-state index is 14.2. The molecule has 0 radical (unpaired) electrons. The van der Waals surface area contributed by atoms with Crippen molar-refractivity contribution in [2.24, 2.45) is 0 Å². The number of aryl methyl sites for hydroxylation is 3. The van der Waals surface area contributed by atoms with Crippen molar-refractivity contribution in [3.05, 3.63) is 94.1 Å². The van der Waals surface area contributed by atoms with Crippen molar-refractivity contribution in [3.8, 4) is 11.1 Å². The molecule has 5 aromatic rings. The third-order valence-corrected chi connectivity index (χ3v) is 6.44. The Labute approximate surface area is 212 Å². The number of fused-ring (bicyclic) bond motifs is 1. The average molecular weight is 503 g/mol.